The average molecular weight is 253 g/mol. The molecule has 0 fully saturated rings. The highest BCUT2D eigenvalue weighted by molar-refractivity contribution is 7.89. The molecule has 0 rings (SSSR count). The lowest BCUT2D eigenvalue weighted by Crippen LogP contribution is -2.39. The lowest BCUT2D eigenvalue weighted by atomic mass is 10.1. The van der Waals surface area contributed by atoms with Crippen molar-refractivity contribution in [3.8, 4) is 0 Å². The molecule has 0 bridgehead atoms. The molecule has 0 atom stereocenters. The van der Waals surface area contributed by atoms with Crippen LogP contribution >= 0.6 is 0 Å². The van der Waals surface area contributed by atoms with Crippen LogP contribution in [-0.2, 0) is 19.6 Å². The Bertz CT molecular complexity index is 317. The molecular formula is C9H19NO5S. The molecule has 2 N–H and O–H groups in total. The van der Waals surface area contributed by atoms with Gasteiger partial charge in [-0.15, -0.1) is 0 Å². The number of esters is 1. The van der Waals surface area contributed by atoms with Gasteiger partial charge in [0, 0.05) is 13.0 Å². The third-order valence-corrected chi connectivity index (χ3v) is 3.16. The van der Waals surface area contributed by atoms with Gasteiger partial charge in [0.2, 0.25) is 10.0 Å². The van der Waals surface area contributed by atoms with Gasteiger partial charge in [0.05, 0.1) is 18.5 Å². The molecule has 0 aliphatic carbocycles. The number of methoxy groups -OCH3 is 1. The zero-order valence-electron chi connectivity index (χ0n) is 9.82. The van der Waals surface area contributed by atoms with Gasteiger partial charge in [-0.25, -0.2) is 13.1 Å². The summed E-state index contributed by atoms with van der Waals surface area (Å²) in [6, 6.07) is 0. The number of rotatable bonds is 7. The van der Waals surface area contributed by atoms with E-state index in [-0.39, 0.29) is 25.1 Å². The highest BCUT2D eigenvalue weighted by Crippen LogP contribution is 2.01. The Morgan fingerprint density at radius 3 is 2.44 bits per heavy atom. The zero-order chi connectivity index (χ0) is 12.8. The minimum Gasteiger partial charge on any atom is -0.469 e. The van der Waals surface area contributed by atoms with Gasteiger partial charge in [-0.1, -0.05) is 0 Å². The largest absolute Gasteiger partial charge is 0.469 e. The van der Waals surface area contributed by atoms with E-state index in [1.165, 1.54) is 21.0 Å². The number of sulfonamides is 1. The van der Waals surface area contributed by atoms with Crippen LogP contribution in [-0.4, -0.2) is 44.5 Å². The number of hydrogen-bond acceptors (Lipinski definition) is 5. The molecule has 16 heavy (non-hydrogen) atoms. The summed E-state index contributed by atoms with van der Waals surface area (Å²) < 4.78 is 29.4. The second-order valence-corrected chi connectivity index (χ2v) is 6.06. The average Bonchev–Trinajstić information content (AvgIpc) is 2.13. The van der Waals surface area contributed by atoms with E-state index >= 15 is 0 Å². The second-order valence-electron chi connectivity index (χ2n) is 4.13. The van der Waals surface area contributed by atoms with Gasteiger partial charge in [-0.2, -0.15) is 0 Å². The molecule has 0 amide bonds. The quantitative estimate of drug-likeness (QED) is 0.604. The van der Waals surface area contributed by atoms with Gasteiger partial charge >= 0.3 is 5.97 Å². The standard InChI is InChI=1S/C9H19NO5S/c1-9(2,12)7-10-16(13,14)6-4-5-8(11)15-3/h10,12H,4-7H2,1-3H3. The zero-order valence-corrected chi connectivity index (χ0v) is 10.6. The van der Waals surface area contributed by atoms with E-state index in [1.807, 2.05) is 0 Å². The molecule has 0 spiro atoms. The topological polar surface area (TPSA) is 92.7 Å². The molecule has 0 aliphatic rings. The van der Waals surface area contributed by atoms with Crippen LogP contribution in [0.3, 0.4) is 0 Å². The van der Waals surface area contributed by atoms with Crippen molar-refractivity contribution < 1.29 is 23.1 Å². The Morgan fingerprint density at radius 2 is 2.00 bits per heavy atom. The number of carbonyl (C=O) groups excluding carboxylic acids is 1. The van der Waals surface area contributed by atoms with Crippen LogP contribution in [0.25, 0.3) is 0 Å². The van der Waals surface area contributed by atoms with Crippen LogP contribution < -0.4 is 4.72 Å². The molecule has 0 aliphatic heterocycles. The molecule has 0 unspecified atom stereocenters. The fourth-order valence-electron chi connectivity index (χ4n) is 0.867. The molecule has 0 saturated heterocycles. The third-order valence-electron chi connectivity index (χ3n) is 1.75. The SMILES string of the molecule is COC(=O)CCCS(=O)(=O)NCC(C)(C)O. The maximum Gasteiger partial charge on any atom is 0.305 e. The van der Waals surface area contributed by atoms with Gasteiger partial charge in [-0.3, -0.25) is 4.79 Å². The first-order chi connectivity index (χ1) is 7.16. The van der Waals surface area contributed by atoms with E-state index in [1.54, 1.807) is 0 Å². The van der Waals surface area contributed by atoms with Gasteiger partial charge < -0.3 is 9.84 Å². The summed E-state index contributed by atoms with van der Waals surface area (Å²) in [6.07, 6.45) is 0.272. The number of nitrogens with one attached hydrogen (secondary N) is 1. The molecule has 6 nitrogen and oxygen atoms in total. The van der Waals surface area contributed by atoms with Crippen LogP contribution in [0.15, 0.2) is 0 Å². The smallest absolute Gasteiger partial charge is 0.305 e. The minimum atomic E-state index is -3.44. The van der Waals surface area contributed by atoms with Gasteiger partial charge in [0.1, 0.15) is 0 Å². The highest BCUT2D eigenvalue weighted by Gasteiger charge is 2.17. The Labute approximate surface area is 96.0 Å². The summed E-state index contributed by atoms with van der Waals surface area (Å²) in [5.41, 5.74) is -1.09. The van der Waals surface area contributed by atoms with Crippen molar-refractivity contribution in [1.29, 1.82) is 0 Å². The number of aliphatic hydroxyl groups is 1. The minimum absolute atomic E-state index is 0.0481. The Morgan fingerprint density at radius 1 is 1.44 bits per heavy atom. The van der Waals surface area contributed by atoms with Gasteiger partial charge in [0.25, 0.3) is 0 Å². The van der Waals surface area contributed by atoms with Gasteiger partial charge in [-0.05, 0) is 20.3 Å². The predicted molar refractivity (Wildman–Crippen MR) is 59.3 cm³/mol. The predicted octanol–water partition coefficient (Wildman–Crippen LogP) is -0.370. The second kappa shape index (κ2) is 6.17. The molecule has 0 radical (unpaired) electrons. The summed E-state index contributed by atoms with van der Waals surface area (Å²) in [7, 11) is -2.18. The van der Waals surface area contributed by atoms with Gasteiger partial charge in [0.15, 0.2) is 0 Å². The van der Waals surface area contributed by atoms with E-state index < -0.39 is 21.6 Å². The first kappa shape index (κ1) is 15.3. The molecule has 0 aromatic carbocycles. The summed E-state index contributed by atoms with van der Waals surface area (Å²) in [5.74, 6) is -0.587. The monoisotopic (exact) mass is 253 g/mol. The van der Waals surface area contributed by atoms with Crippen LogP contribution in [0.1, 0.15) is 26.7 Å². The van der Waals surface area contributed by atoms with E-state index in [2.05, 4.69) is 9.46 Å². The molecular weight excluding hydrogens is 234 g/mol. The van der Waals surface area contributed by atoms with E-state index in [0.29, 0.717) is 0 Å². The third kappa shape index (κ3) is 8.63. The van der Waals surface area contributed by atoms with E-state index in [9.17, 15) is 18.3 Å². The first-order valence-electron chi connectivity index (χ1n) is 4.93. The lowest BCUT2D eigenvalue weighted by molar-refractivity contribution is -0.140. The van der Waals surface area contributed by atoms with Crippen molar-refractivity contribution in [3.63, 3.8) is 0 Å². The first-order valence-corrected chi connectivity index (χ1v) is 6.58. The maximum atomic E-state index is 11.4. The van der Waals surface area contributed by atoms with Crippen LogP contribution in [0.2, 0.25) is 0 Å². The molecule has 96 valence electrons. The van der Waals surface area contributed by atoms with E-state index in [4.69, 9.17) is 0 Å². The van der Waals surface area contributed by atoms with Crippen molar-refractivity contribution in [3.05, 3.63) is 0 Å². The Kier molecular flexibility index (Phi) is 5.91. The van der Waals surface area contributed by atoms with Crippen LogP contribution in [0, 0.1) is 0 Å². The lowest BCUT2D eigenvalue weighted by Gasteiger charge is -2.17. The maximum absolute atomic E-state index is 11.4. The summed E-state index contributed by atoms with van der Waals surface area (Å²) >= 11 is 0. The molecule has 0 heterocycles. The van der Waals surface area contributed by atoms with E-state index in [0.717, 1.165) is 0 Å². The highest BCUT2D eigenvalue weighted by atomic mass is 32.2. The number of ether oxygens (including phenoxy) is 1. The molecule has 7 heteroatoms. The molecule has 0 aromatic rings. The summed E-state index contributed by atoms with van der Waals surface area (Å²) in [5, 5.41) is 9.33. The summed E-state index contributed by atoms with van der Waals surface area (Å²) in [4.78, 5) is 10.7. The normalized spacial score (nSPS) is 12.5. The Hall–Kier alpha value is -0.660. The van der Waals surface area contributed by atoms with Crippen molar-refractivity contribution >= 4 is 16.0 Å². The number of carbonyl (C=O) groups is 1. The molecule has 0 aromatic heterocycles. The Balaban J connectivity index is 3.93. The van der Waals surface area contributed by atoms with Crippen molar-refractivity contribution in [2.45, 2.75) is 32.3 Å². The number of hydrogen-bond donors (Lipinski definition) is 2. The van der Waals surface area contributed by atoms with Crippen molar-refractivity contribution in [2.75, 3.05) is 19.4 Å². The van der Waals surface area contributed by atoms with Crippen molar-refractivity contribution in [1.82, 2.24) is 4.72 Å². The van der Waals surface area contributed by atoms with Crippen LogP contribution in [0.5, 0.6) is 0 Å². The van der Waals surface area contributed by atoms with Crippen molar-refractivity contribution in [2.24, 2.45) is 0 Å². The fraction of sp³-hybridized carbons (Fsp3) is 0.889. The molecule has 0 saturated carbocycles. The summed E-state index contributed by atoms with van der Waals surface area (Å²) in [6.45, 7) is 2.96. The fourth-order valence-corrected chi connectivity index (χ4v) is 2.11. The van der Waals surface area contributed by atoms with Crippen LogP contribution in [0.4, 0.5) is 0 Å².